The van der Waals surface area contributed by atoms with E-state index < -0.39 is 5.41 Å². The molecule has 6 rings (SSSR count). The molecule has 0 unspecified atom stereocenters. The summed E-state index contributed by atoms with van der Waals surface area (Å²) in [6.45, 7) is 17.4. The minimum Gasteiger partial charge on any atom is -0.268 e. The van der Waals surface area contributed by atoms with Crippen molar-refractivity contribution in [1.82, 2.24) is 29.5 Å². The van der Waals surface area contributed by atoms with Gasteiger partial charge in [0, 0.05) is 23.2 Å². The van der Waals surface area contributed by atoms with Gasteiger partial charge >= 0.3 is 21.1 Å². The van der Waals surface area contributed by atoms with Crippen molar-refractivity contribution >= 4 is 43.1 Å². The first-order chi connectivity index (χ1) is 18.3. The third-order valence-electron chi connectivity index (χ3n) is 6.85. The topological polar surface area (TPSA) is 61.4 Å². The number of thiazole rings is 2. The predicted molar refractivity (Wildman–Crippen MR) is 161 cm³/mol. The van der Waals surface area contributed by atoms with Crippen LogP contribution < -0.4 is 0 Å². The summed E-state index contributed by atoms with van der Waals surface area (Å²) in [5.74, 6) is 0. The van der Waals surface area contributed by atoms with Crippen molar-refractivity contribution in [2.45, 2.75) is 71.6 Å². The molecule has 0 aliphatic carbocycles. The maximum atomic E-state index is 4.93. The van der Waals surface area contributed by atoms with Gasteiger partial charge in [-0.15, -0.1) is 12.1 Å². The Morgan fingerprint density at radius 2 is 1.05 bits per heavy atom. The van der Waals surface area contributed by atoms with Crippen LogP contribution >= 0.6 is 22.7 Å². The van der Waals surface area contributed by atoms with E-state index in [4.69, 9.17) is 20.2 Å². The Bertz CT molecular complexity index is 1690. The molecular weight excluding hydrogens is 716 g/mol. The number of aromatic nitrogens is 6. The quantitative estimate of drug-likeness (QED) is 0.173. The van der Waals surface area contributed by atoms with Crippen molar-refractivity contribution < 1.29 is 21.1 Å². The first kappa shape index (κ1) is 28.8. The van der Waals surface area contributed by atoms with Gasteiger partial charge in [-0.05, 0) is 48.4 Å². The summed E-state index contributed by atoms with van der Waals surface area (Å²) in [5.41, 5.74) is 5.24. The van der Waals surface area contributed by atoms with Crippen LogP contribution in [0.5, 0.6) is 0 Å². The molecule has 0 bridgehead atoms. The summed E-state index contributed by atoms with van der Waals surface area (Å²) in [7, 11) is 0. The Morgan fingerprint density at radius 1 is 0.650 bits per heavy atom. The van der Waals surface area contributed by atoms with Gasteiger partial charge in [0.25, 0.3) is 0 Å². The fourth-order valence-corrected chi connectivity index (χ4v) is 6.31. The molecule has 0 fully saturated rings. The molecule has 0 N–H and O–H groups in total. The third-order valence-corrected chi connectivity index (χ3v) is 9.73. The van der Waals surface area contributed by atoms with Crippen LogP contribution in [0.25, 0.3) is 31.8 Å². The van der Waals surface area contributed by atoms with Crippen molar-refractivity contribution in [2.24, 2.45) is 0 Å². The second-order valence-electron chi connectivity index (χ2n) is 12.6. The molecule has 208 valence electrons. The molecule has 6 nitrogen and oxygen atoms in total. The Kier molecular flexibility index (Phi) is 7.21. The standard InChI is InChI=1S/C31H32N6S2.Pt/c1-29(2,3)27-32-21-17-19(9-11-23(21)38-27)36-15-13-25(34-36)31(7,8)26-14-16-37(35-26)20-10-12-24-22(18-20)33-28(39-24)30(4,5)6;/h11-18H,1-8H3;/q-2;+2. The molecule has 9 heteroatoms. The van der Waals surface area contributed by atoms with Crippen LogP contribution in [0.3, 0.4) is 0 Å². The Balaban J connectivity index is 0.00000323. The molecule has 4 heterocycles. The smallest absolute Gasteiger partial charge is 0.268 e. The summed E-state index contributed by atoms with van der Waals surface area (Å²) in [4.78, 5) is 9.75. The summed E-state index contributed by atoms with van der Waals surface area (Å²) >= 11 is 3.46. The summed E-state index contributed by atoms with van der Waals surface area (Å²) < 4.78 is 6.04. The van der Waals surface area contributed by atoms with E-state index in [1.807, 2.05) is 33.9 Å². The van der Waals surface area contributed by atoms with E-state index in [9.17, 15) is 0 Å². The zero-order valence-electron chi connectivity index (χ0n) is 23.9. The second kappa shape index (κ2) is 10.0. The van der Waals surface area contributed by atoms with Gasteiger partial charge in [0.15, 0.2) is 0 Å². The Hall–Kier alpha value is -2.67. The predicted octanol–water partition coefficient (Wildman–Crippen LogP) is 7.80. The van der Waals surface area contributed by atoms with Gasteiger partial charge in [0.1, 0.15) is 0 Å². The van der Waals surface area contributed by atoms with Crippen LogP contribution in [0.2, 0.25) is 0 Å². The summed E-state index contributed by atoms with van der Waals surface area (Å²) in [6, 6.07) is 19.1. The van der Waals surface area contributed by atoms with Gasteiger partial charge in [-0.1, -0.05) is 50.9 Å². The fraction of sp³-hybridized carbons (Fsp3) is 0.355. The van der Waals surface area contributed by atoms with Gasteiger partial charge in [-0.2, -0.15) is 57.1 Å². The largest absolute Gasteiger partial charge is 2.00 e. The first-order valence-electron chi connectivity index (χ1n) is 13.1. The minimum absolute atomic E-state index is 0. The van der Waals surface area contributed by atoms with Crippen LogP contribution in [0.15, 0.2) is 48.8 Å². The zero-order valence-corrected chi connectivity index (χ0v) is 27.8. The molecule has 0 spiro atoms. The molecule has 0 aliphatic heterocycles. The average molecular weight is 748 g/mol. The van der Waals surface area contributed by atoms with E-state index in [1.54, 1.807) is 22.7 Å². The Labute approximate surface area is 257 Å². The monoisotopic (exact) mass is 747 g/mol. The molecule has 0 aliphatic rings. The second-order valence-corrected chi connectivity index (χ2v) is 14.7. The molecule has 0 amide bonds. The molecule has 0 saturated carbocycles. The molecule has 6 aromatic rings. The molecule has 4 aromatic heterocycles. The van der Waals surface area contributed by atoms with Crippen molar-refractivity contribution in [3.05, 3.63) is 82.3 Å². The number of fused-ring (bicyclic) bond motifs is 2. The minimum atomic E-state index is -0.398. The molecule has 0 radical (unpaired) electrons. The van der Waals surface area contributed by atoms with Gasteiger partial charge in [-0.3, -0.25) is 19.3 Å². The van der Waals surface area contributed by atoms with E-state index in [0.717, 1.165) is 53.2 Å². The van der Waals surface area contributed by atoms with Gasteiger partial charge in [0.05, 0.1) is 26.8 Å². The molecule has 0 atom stereocenters. The Morgan fingerprint density at radius 3 is 1.43 bits per heavy atom. The van der Waals surface area contributed by atoms with Crippen molar-refractivity contribution in [3.63, 3.8) is 0 Å². The molecule has 0 saturated heterocycles. The third kappa shape index (κ3) is 5.22. The van der Waals surface area contributed by atoms with Crippen LogP contribution in [-0.4, -0.2) is 29.5 Å². The van der Waals surface area contributed by atoms with E-state index in [0.29, 0.717) is 0 Å². The SMILES string of the molecule is CC(C)(C)c1nc2cc(-n3ccc(C(C)(C)c4ccn(-c5[c-]cc6sc(C(C)(C)C)nc6c5)n4)n3)[c-]cc2s1.[Pt+2]. The van der Waals surface area contributed by atoms with Gasteiger partial charge < -0.3 is 0 Å². The molecule has 40 heavy (non-hydrogen) atoms. The first-order valence-corrected chi connectivity index (χ1v) is 14.7. The normalized spacial score (nSPS) is 12.8. The average Bonchev–Trinajstić information content (AvgIpc) is 3.65. The van der Waals surface area contributed by atoms with Crippen molar-refractivity contribution in [1.29, 1.82) is 0 Å². The van der Waals surface area contributed by atoms with Crippen LogP contribution in [-0.2, 0) is 37.3 Å². The van der Waals surface area contributed by atoms with Crippen molar-refractivity contribution in [3.8, 4) is 11.4 Å². The van der Waals surface area contributed by atoms with E-state index in [1.165, 1.54) is 0 Å². The molecular formula is C31H32N6PtS2. The van der Waals surface area contributed by atoms with Gasteiger partial charge in [0.2, 0.25) is 0 Å². The van der Waals surface area contributed by atoms with Crippen LogP contribution in [0, 0.1) is 12.1 Å². The molecule has 2 aromatic carbocycles. The fourth-order valence-electron chi connectivity index (χ4n) is 4.34. The maximum absolute atomic E-state index is 4.93. The number of rotatable bonds is 4. The summed E-state index contributed by atoms with van der Waals surface area (Å²) in [5, 5.41) is 12.1. The van der Waals surface area contributed by atoms with E-state index >= 15 is 0 Å². The number of benzene rings is 2. The number of nitrogens with zero attached hydrogens (tertiary/aromatic N) is 6. The van der Waals surface area contributed by atoms with E-state index in [-0.39, 0.29) is 31.9 Å². The van der Waals surface area contributed by atoms with Crippen LogP contribution in [0.1, 0.15) is 76.8 Å². The zero-order chi connectivity index (χ0) is 27.7. The van der Waals surface area contributed by atoms with Crippen molar-refractivity contribution in [2.75, 3.05) is 0 Å². The van der Waals surface area contributed by atoms with Gasteiger partial charge in [-0.25, -0.2) is 0 Å². The number of hydrogen-bond acceptors (Lipinski definition) is 6. The van der Waals surface area contributed by atoms with Crippen LogP contribution in [0.4, 0.5) is 0 Å². The van der Waals surface area contributed by atoms with E-state index in [2.05, 4.69) is 91.8 Å². The number of hydrogen-bond donors (Lipinski definition) is 0. The summed E-state index contributed by atoms with van der Waals surface area (Å²) in [6.07, 6.45) is 3.97. The maximum Gasteiger partial charge on any atom is 2.00 e.